The third-order valence-corrected chi connectivity index (χ3v) is 35.9. The van der Waals surface area contributed by atoms with Crippen LogP contribution in [-0.2, 0) is 128 Å². The van der Waals surface area contributed by atoms with Gasteiger partial charge in [0.05, 0.1) is 70.8 Å². The summed E-state index contributed by atoms with van der Waals surface area (Å²) in [5.41, 5.74) is 15.4. The van der Waals surface area contributed by atoms with Crippen molar-refractivity contribution in [2.45, 2.75) is 215 Å². The number of fused-ring (bicyclic) bond motifs is 3. The van der Waals surface area contributed by atoms with Crippen LogP contribution in [0.1, 0.15) is 124 Å². The molecule has 14 N–H and O–H groups in total. The number of hydrogen-bond donors (Lipinski definition) is 17. The van der Waals surface area contributed by atoms with Gasteiger partial charge in [0.25, 0.3) is 33.4 Å². The molecule has 808 valence electrons. The maximum Gasteiger partial charge on any atom is 0.386 e. The van der Waals surface area contributed by atoms with Gasteiger partial charge in [-0.05, 0) is 34.1 Å². The van der Waals surface area contributed by atoms with E-state index in [4.69, 9.17) is 119 Å². The molecule has 0 aliphatic carbocycles. The van der Waals surface area contributed by atoms with E-state index in [1.165, 1.54) is 59.4 Å². The quantitative estimate of drug-likeness (QED) is 0.0177. The largest absolute Gasteiger partial charge is 0.386 e. The molecule has 10 aromatic rings. The lowest BCUT2D eigenvalue weighted by Gasteiger charge is -2.27. The number of hydrogen-bond acceptors (Lipinski definition) is 49. The Kier molecular flexibility index (Phi) is 33.4. The van der Waals surface area contributed by atoms with Crippen LogP contribution in [0.3, 0.4) is 0 Å². The minimum atomic E-state index is -4.97. The maximum atomic E-state index is 15.1. The van der Waals surface area contributed by atoms with E-state index in [1.807, 2.05) is 0 Å². The summed E-state index contributed by atoms with van der Waals surface area (Å²) in [7, 11) is 1.06. The number of nitrogens with two attached hydrogens (primary N) is 4. The van der Waals surface area contributed by atoms with Crippen LogP contribution in [-0.4, -0.2) is 229 Å². The van der Waals surface area contributed by atoms with E-state index in [1.54, 1.807) is 13.8 Å². The minimum Gasteiger partial charge on any atom is -0.383 e. The molecule has 76 heteroatoms. The molecule has 0 spiro atoms. The highest BCUT2D eigenvalue weighted by atomic mass is 32.7. The van der Waals surface area contributed by atoms with Gasteiger partial charge < -0.3 is 60.6 Å². The van der Waals surface area contributed by atoms with Gasteiger partial charge in [0.15, 0.2) is 33.5 Å². The molecule has 17 rings (SSSR count). The maximum absolute atomic E-state index is 15.1. The molecule has 62 nitrogen and oxygen atoms in total. The zero-order chi connectivity index (χ0) is 106. The summed E-state index contributed by atoms with van der Waals surface area (Å²) in [6.07, 6.45) is -22.3. The van der Waals surface area contributed by atoms with E-state index in [0.29, 0.717) is 5.56 Å². The fraction of sp³-hybridized carbons (Fsp3) is 0.569. The second kappa shape index (κ2) is 44.3. The van der Waals surface area contributed by atoms with Crippen LogP contribution < -0.4 is 79.0 Å². The zero-order valence-corrected chi connectivity index (χ0v) is 89.9. The molecule has 0 amide bonds. The van der Waals surface area contributed by atoms with Gasteiger partial charge in [-0.1, -0.05) is 92.7 Å². The monoisotopic (exact) mass is 2340 g/mol. The van der Waals surface area contributed by atoms with Gasteiger partial charge in [0, 0.05) is 99.1 Å². The van der Waals surface area contributed by atoms with Gasteiger partial charge in [0.1, 0.15) is 123 Å². The fourth-order valence-corrected chi connectivity index (χ4v) is 27.4. The lowest BCUT2D eigenvalue weighted by molar-refractivity contribution is -0.0530. The van der Waals surface area contributed by atoms with E-state index in [9.17, 15) is 70.8 Å². The number of H-pyrrole nitrogens is 6. The molecule has 10 aromatic heterocycles. The Morgan fingerprint density at radius 1 is 0.318 bits per heavy atom. The second-order valence-electron chi connectivity index (χ2n) is 34.5. The van der Waals surface area contributed by atoms with Crippen molar-refractivity contribution in [1.82, 2.24) is 96.8 Å². The number of aromatic nitrogens is 20. The minimum absolute atomic E-state index is 0.00654. The third kappa shape index (κ3) is 25.6. The normalized spacial score (nSPS) is 29.2. The van der Waals surface area contributed by atoms with Gasteiger partial charge in [-0.3, -0.25) is 149 Å². The van der Waals surface area contributed by atoms with Gasteiger partial charge >= 0.3 is 70.3 Å². The Bertz CT molecular complexity index is 7800. The second-order valence-corrected chi connectivity index (χ2v) is 54.7. The number of anilines is 4. The molecule has 0 aromatic carbocycles. The Morgan fingerprint density at radius 3 is 0.791 bits per heavy atom. The molecule has 7 aliphatic heterocycles. The predicted octanol–water partition coefficient (Wildman–Crippen LogP) is 4.99. The Morgan fingerprint density at radius 2 is 0.541 bits per heavy atom. The van der Waals surface area contributed by atoms with Crippen LogP contribution in [0.15, 0.2) is 91.7 Å². The summed E-state index contributed by atoms with van der Waals surface area (Å²) in [5.74, 6) is -1.12. The predicted molar refractivity (Wildman–Crippen MR) is 536 cm³/mol. The third-order valence-electron chi connectivity index (χ3n) is 24.3. The number of nitrogen functional groups attached to an aromatic ring is 4. The molecule has 148 heavy (non-hydrogen) atoms. The molecule has 17 heterocycles. The number of ether oxygens (including phenoxy) is 7. The Labute approximate surface area is 864 Å². The summed E-state index contributed by atoms with van der Waals surface area (Å²) >= 11 is 29.9. The summed E-state index contributed by atoms with van der Waals surface area (Å²) in [6, 6.07) is 0. The van der Waals surface area contributed by atoms with Crippen LogP contribution in [0.5, 0.6) is 0 Å². The highest BCUT2D eigenvalue weighted by Gasteiger charge is 2.53. The summed E-state index contributed by atoms with van der Waals surface area (Å²) in [4.78, 5) is 172. The van der Waals surface area contributed by atoms with Crippen molar-refractivity contribution in [3.8, 4) is 0 Å². The lowest BCUT2D eigenvalue weighted by Crippen LogP contribution is -2.33. The van der Waals surface area contributed by atoms with E-state index < -0.39 is 292 Å². The van der Waals surface area contributed by atoms with E-state index in [-0.39, 0.29) is 106 Å². The summed E-state index contributed by atoms with van der Waals surface area (Å²) < 4.78 is 237. The van der Waals surface area contributed by atoms with E-state index >= 15 is 9.13 Å². The first kappa shape index (κ1) is 112. The van der Waals surface area contributed by atoms with Crippen molar-refractivity contribution in [1.29, 1.82) is 0 Å². The standard InChI is InChI=1S/C72H95N24O38P7S7/c1-7-32-33(8-46(121-32)91-16-29(3)60(97)87-70(91)104)129-136(108,143)115-20-41-35(10-48(123-41)92-17-30(4)61(98)88-71(92)105)130-137(109,144)118-23-44-39(14-52(126-44)96-27-79-55-59(96)83-68(76)86-65(55)102)134-141(113,148)120-24-45-38(13-51(127-45)95-26-78-54-58(95)82-67(75)85-64(54)101)133-140(112,147)117-21-42-36(11-49(124-42)93-18-31(5)62(99)89-72(93)106)131-138(110,145)119-22-43-37(12-50(125-43)94-25-77-53-57(94)81-66(74)84-63(53)100)132-139(111,146)116-19-40-34(128-135(107,142)114-6)9-47(122-40)90-15-28(2)56(73)80-69(90)103/h15-18,25-27,32-52H,7-14,19-24H2,1-6H3,(H,107,142)(H,108,143)(H,109,144)(H,110,145)(H,111,146)(H,112,147)(H,113,148)(H2,73,80,103)(H,87,97,104)(H,88,98,105)(H,89,99,106)(H3,74,81,84,100)(H3,75,82,85,101)(H3,76,83,86,102)/t32-,33?,34?,35?,36?,37?,38?,39?,40-,41-,42-,43-,44-,45-,46-,47-,48-,49-,50-,51-,52-,135?,136?,137?,138?,139?,140?,141?/m1/s1. The summed E-state index contributed by atoms with van der Waals surface area (Å²) in [5, 5.41) is 0. The topological polar surface area (TPSA) is 808 Å². The molecule has 7 fully saturated rings. The smallest absolute Gasteiger partial charge is 0.383 e. The first-order valence-corrected chi connectivity index (χ1v) is 63.1. The Hall–Kier alpha value is -7.61. The molecule has 7 saturated heterocycles. The van der Waals surface area contributed by atoms with Gasteiger partial charge in [-0.15, -0.1) is 0 Å². The molecular weight excluding hydrogens is 2250 g/mol. The fourth-order valence-electron chi connectivity index (χ4n) is 17.2. The van der Waals surface area contributed by atoms with E-state index in [0.717, 1.165) is 44.2 Å². The highest BCUT2D eigenvalue weighted by Crippen LogP contribution is 2.65. The van der Waals surface area contributed by atoms with Crippen molar-refractivity contribution < 1.29 is 128 Å². The number of aryl methyl sites for hydroxylation is 4. The van der Waals surface area contributed by atoms with Crippen molar-refractivity contribution in [2.75, 3.05) is 69.7 Å². The average molecular weight is 2350 g/mol. The van der Waals surface area contributed by atoms with Gasteiger partial charge in [0.2, 0.25) is 17.8 Å². The van der Waals surface area contributed by atoms with Crippen LogP contribution in [0.2, 0.25) is 0 Å². The van der Waals surface area contributed by atoms with Crippen LogP contribution in [0, 0.1) is 27.7 Å². The van der Waals surface area contributed by atoms with E-state index in [2.05, 4.69) is 151 Å². The first-order chi connectivity index (χ1) is 69.6. The molecule has 28 atom stereocenters. The number of rotatable bonds is 41. The zero-order valence-electron chi connectivity index (χ0n) is 77.4. The molecule has 14 unspecified atom stereocenters. The van der Waals surface area contributed by atoms with Gasteiger partial charge in [-0.25, -0.2) is 66.1 Å². The number of thiol groups is 7. The first-order valence-electron chi connectivity index (χ1n) is 44.2. The molecule has 7 aliphatic rings. The van der Waals surface area contributed by atoms with Crippen molar-refractivity contribution in [3.05, 3.63) is 170 Å². The lowest BCUT2D eigenvalue weighted by atomic mass is 10.1. The Balaban J connectivity index is 0.594. The molecule has 0 saturated carbocycles. The molecule has 0 bridgehead atoms. The van der Waals surface area contributed by atoms with Crippen LogP contribution in [0.25, 0.3) is 33.5 Å². The van der Waals surface area contributed by atoms with Crippen LogP contribution >= 0.6 is 133 Å². The van der Waals surface area contributed by atoms with Crippen molar-refractivity contribution in [3.63, 3.8) is 0 Å². The molecular formula is C72H95N24O38P7S7. The number of nitrogens with zero attached hydrogens (tertiary/aromatic N) is 14. The highest BCUT2D eigenvalue weighted by molar-refractivity contribution is 8.46. The summed E-state index contributed by atoms with van der Waals surface area (Å²) in [6.45, 7) is -30.5. The average Bonchev–Trinajstić information content (AvgIpc) is 1.60. The van der Waals surface area contributed by atoms with Crippen molar-refractivity contribution in [2.24, 2.45) is 0 Å². The molecule has 0 radical (unpaired) electrons. The number of aromatic amines is 6. The van der Waals surface area contributed by atoms with Crippen molar-refractivity contribution >= 4 is 190 Å². The number of nitrogens with one attached hydrogen (secondary N) is 6. The van der Waals surface area contributed by atoms with Gasteiger partial charge in [-0.2, -0.15) is 19.9 Å². The number of imidazole rings is 3. The van der Waals surface area contributed by atoms with Crippen LogP contribution in [0.4, 0.5) is 23.7 Å². The SMILES string of the molecule is CC[C@H]1O[C@@H](n2cc(C)c(=O)[nH]c2=O)CC1OP(=O)(S)OC[C@H]1O[C@@H](n2cc(C)c(=O)[nH]c2=O)CC1OP(=O)(S)OC[C@H]1O[C@@H](n2cnc3c(=O)[nH]c(N)nc32)CC1OP(=O)(S)OC[C@H]1O[C@@H](n2cnc3c(=O)[nH]c(N)nc32)CC1OP(=O)(S)OC[C@H]1O[C@@H](n2cc(C)c(=O)[nH]c2=O)CC1OP(=O)(S)OC[C@H]1O[C@@H](n2cnc3c(=O)[nH]c(N)nc32)CC1OP(=O)(S)OC[C@H]1O[C@@H](n2cc(C)c(N)nc2=O)CC1OP(=O)(S)OC.